The summed E-state index contributed by atoms with van der Waals surface area (Å²) in [6.07, 6.45) is -5.53. The second kappa shape index (κ2) is 9.43. The quantitative estimate of drug-likeness (QED) is 0.483. The van der Waals surface area contributed by atoms with E-state index in [1.54, 1.807) is 37.3 Å². The predicted molar refractivity (Wildman–Crippen MR) is 88.3 cm³/mol. The number of rotatable bonds is 6. The highest BCUT2D eigenvalue weighted by atomic mass is 16.7. The highest BCUT2D eigenvalue weighted by molar-refractivity contribution is 5.81. The van der Waals surface area contributed by atoms with E-state index in [1.807, 2.05) is 6.07 Å². The van der Waals surface area contributed by atoms with E-state index in [0.717, 1.165) is 0 Å². The van der Waals surface area contributed by atoms with Gasteiger partial charge in [0.05, 0.1) is 6.07 Å². The molecule has 0 aliphatic carbocycles. The SMILES string of the molecule is C/C=C/C(=O)OC[C@H]1O[C@@H](O[C@@H](C#N)c2ccccc2)[C@H](O)[C@@H](O)[C@@H]1O. The molecule has 1 aliphatic heterocycles. The Labute approximate surface area is 150 Å². The van der Waals surface area contributed by atoms with Crippen molar-refractivity contribution >= 4 is 5.97 Å². The van der Waals surface area contributed by atoms with Crippen molar-refractivity contribution in [3.05, 3.63) is 48.0 Å². The predicted octanol–water partition coefficient (Wildman–Crippen LogP) is 0.195. The largest absolute Gasteiger partial charge is 0.460 e. The van der Waals surface area contributed by atoms with Crippen molar-refractivity contribution in [1.82, 2.24) is 0 Å². The molecule has 0 aromatic heterocycles. The minimum absolute atomic E-state index is 0.351. The Bertz CT molecular complexity index is 657. The van der Waals surface area contributed by atoms with E-state index in [2.05, 4.69) is 0 Å². The lowest BCUT2D eigenvalue weighted by molar-refractivity contribution is -0.308. The molecule has 1 aliphatic rings. The minimum atomic E-state index is -1.59. The van der Waals surface area contributed by atoms with Gasteiger partial charge in [-0.05, 0) is 12.5 Å². The van der Waals surface area contributed by atoms with Crippen LogP contribution in [0.1, 0.15) is 18.6 Å². The molecule has 0 radical (unpaired) electrons. The number of benzene rings is 1. The second-order valence-electron chi connectivity index (χ2n) is 5.70. The van der Waals surface area contributed by atoms with Gasteiger partial charge in [-0.3, -0.25) is 0 Å². The van der Waals surface area contributed by atoms with Crippen LogP contribution in [-0.2, 0) is 19.0 Å². The second-order valence-corrected chi connectivity index (χ2v) is 5.70. The van der Waals surface area contributed by atoms with Crippen LogP contribution in [-0.4, -0.2) is 58.6 Å². The first kappa shape index (κ1) is 20.0. The maximum Gasteiger partial charge on any atom is 0.330 e. The fourth-order valence-corrected chi connectivity index (χ4v) is 2.46. The zero-order chi connectivity index (χ0) is 19.1. The van der Waals surface area contributed by atoms with Crippen molar-refractivity contribution in [3.8, 4) is 6.07 Å². The molecule has 8 nitrogen and oxygen atoms in total. The molecule has 1 aromatic rings. The summed E-state index contributed by atoms with van der Waals surface area (Å²) >= 11 is 0. The maximum absolute atomic E-state index is 11.4. The fourth-order valence-electron chi connectivity index (χ4n) is 2.46. The summed E-state index contributed by atoms with van der Waals surface area (Å²) in [5.74, 6) is -0.638. The molecule has 2 rings (SSSR count). The standard InChI is InChI=1S/C18H21NO7/c1-2-6-14(20)24-10-13-15(21)16(22)17(23)18(26-13)25-12(9-19)11-7-4-3-5-8-11/h2-8,12-13,15-18,21-23H,10H2,1H3/b6-2+/t12-,13+,15+,16-,17+,18+/m0/s1. The molecule has 3 N–H and O–H groups in total. The molecule has 0 spiro atoms. The molecule has 140 valence electrons. The van der Waals surface area contributed by atoms with Crippen LogP contribution in [0.4, 0.5) is 0 Å². The number of hydrogen-bond acceptors (Lipinski definition) is 8. The number of carbonyl (C=O) groups is 1. The van der Waals surface area contributed by atoms with E-state index >= 15 is 0 Å². The van der Waals surface area contributed by atoms with Crippen LogP contribution in [0.3, 0.4) is 0 Å². The van der Waals surface area contributed by atoms with Crippen LogP contribution in [0.5, 0.6) is 0 Å². The van der Waals surface area contributed by atoms with Gasteiger partial charge in [0.15, 0.2) is 12.4 Å². The van der Waals surface area contributed by atoms with Crippen LogP contribution in [0.15, 0.2) is 42.5 Å². The first-order valence-corrected chi connectivity index (χ1v) is 8.07. The average molecular weight is 363 g/mol. The number of allylic oxidation sites excluding steroid dienone is 1. The van der Waals surface area contributed by atoms with Crippen LogP contribution >= 0.6 is 0 Å². The summed E-state index contributed by atoms with van der Waals surface area (Å²) < 4.78 is 15.8. The van der Waals surface area contributed by atoms with Gasteiger partial charge in [0, 0.05) is 6.08 Å². The third kappa shape index (κ3) is 4.88. The van der Waals surface area contributed by atoms with E-state index in [4.69, 9.17) is 14.2 Å². The number of esters is 1. The number of aliphatic hydroxyl groups is 3. The van der Waals surface area contributed by atoms with Crippen LogP contribution in [0.25, 0.3) is 0 Å². The van der Waals surface area contributed by atoms with Gasteiger partial charge in [0.2, 0.25) is 0 Å². The first-order chi connectivity index (χ1) is 12.5. The van der Waals surface area contributed by atoms with Crippen LogP contribution < -0.4 is 0 Å². The zero-order valence-electron chi connectivity index (χ0n) is 14.1. The summed E-state index contributed by atoms with van der Waals surface area (Å²) in [5, 5.41) is 39.4. The summed E-state index contributed by atoms with van der Waals surface area (Å²) in [7, 11) is 0. The molecular formula is C18H21NO7. The van der Waals surface area contributed by atoms with Gasteiger partial charge in [-0.25, -0.2) is 4.79 Å². The number of ether oxygens (including phenoxy) is 3. The van der Waals surface area contributed by atoms with E-state index < -0.39 is 42.8 Å². The van der Waals surface area contributed by atoms with Gasteiger partial charge in [0.25, 0.3) is 0 Å². The Morgan fingerprint density at radius 3 is 2.58 bits per heavy atom. The Morgan fingerprint density at radius 2 is 1.96 bits per heavy atom. The molecule has 1 heterocycles. The van der Waals surface area contributed by atoms with Crippen LogP contribution in [0, 0.1) is 11.3 Å². The molecule has 1 saturated heterocycles. The Balaban J connectivity index is 2.07. The van der Waals surface area contributed by atoms with E-state index in [-0.39, 0.29) is 6.61 Å². The maximum atomic E-state index is 11.4. The van der Waals surface area contributed by atoms with Gasteiger partial charge in [-0.2, -0.15) is 5.26 Å². The van der Waals surface area contributed by atoms with Gasteiger partial charge in [-0.1, -0.05) is 36.4 Å². The van der Waals surface area contributed by atoms with Gasteiger partial charge in [0.1, 0.15) is 31.0 Å². The van der Waals surface area contributed by atoms with Gasteiger partial charge < -0.3 is 29.5 Å². The summed E-state index contributed by atoms with van der Waals surface area (Å²) in [6.45, 7) is 1.29. The molecule has 0 unspecified atom stereocenters. The van der Waals surface area contributed by atoms with Crippen molar-refractivity contribution in [2.45, 2.75) is 43.7 Å². The number of hydrogen-bond donors (Lipinski definition) is 3. The lowest BCUT2D eigenvalue weighted by Crippen LogP contribution is -2.59. The minimum Gasteiger partial charge on any atom is -0.460 e. The molecule has 6 atom stereocenters. The monoisotopic (exact) mass is 363 g/mol. The van der Waals surface area contributed by atoms with Crippen molar-refractivity contribution in [1.29, 1.82) is 5.26 Å². The lowest BCUT2D eigenvalue weighted by atomic mass is 9.99. The Morgan fingerprint density at radius 1 is 1.27 bits per heavy atom. The third-order valence-electron chi connectivity index (χ3n) is 3.85. The Hall–Kier alpha value is -2.28. The number of nitriles is 1. The normalized spacial score (nSPS) is 29.9. The molecular weight excluding hydrogens is 342 g/mol. The van der Waals surface area contributed by atoms with E-state index in [0.29, 0.717) is 5.56 Å². The van der Waals surface area contributed by atoms with Crippen LogP contribution in [0.2, 0.25) is 0 Å². The number of nitrogens with zero attached hydrogens (tertiary/aromatic N) is 1. The molecule has 0 amide bonds. The molecule has 1 fully saturated rings. The molecule has 0 bridgehead atoms. The third-order valence-corrected chi connectivity index (χ3v) is 3.85. The average Bonchev–Trinajstić information content (AvgIpc) is 2.66. The van der Waals surface area contributed by atoms with Gasteiger partial charge in [-0.15, -0.1) is 0 Å². The van der Waals surface area contributed by atoms with Gasteiger partial charge >= 0.3 is 5.97 Å². The number of carbonyl (C=O) groups excluding carboxylic acids is 1. The van der Waals surface area contributed by atoms with E-state index in [9.17, 15) is 25.4 Å². The molecule has 0 saturated carbocycles. The zero-order valence-corrected chi connectivity index (χ0v) is 14.1. The highest BCUT2D eigenvalue weighted by Gasteiger charge is 2.45. The smallest absolute Gasteiger partial charge is 0.330 e. The lowest BCUT2D eigenvalue weighted by Gasteiger charge is -2.40. The molecule has 1 aromatic carbocycles. The van der Waals surface area contributed by atoms with Crippen molar-refractivity contribution < 1.29 is 34.3 Å². The molecule has 8 heteroatoms. The first-order valence-electron chi connectivity index (χ1n) is 8.07. The van der Waals surface area contributed by atoms with Crippen molar-refractivity contribution in [2.24, 2.45) is 0 Å². The van der Waals surface area contributed by atoms with Crippen molar-refractivity contribution in [3.63, 3.8) is 0 Å². The summed E-state index contributed by atoms with van der Waals surface area (Å²) in [5.41, 5.74) is 0.544. The van der Waals surface area contributed by atoms with E-state index in [1.165, 1.54) is 12.2 Å². The Kier molecular flexibility index (Phi) is 7.26. The topological polar surface area (TPSA) is 129 Å². The highest BCUT2D eigenvalue weighted by Crippen LogP contribution is 2.27. The summed E-state index contributed by atoms with van der Waals surface area (Å²) in [4.78, 5) is 11.4. The summed E-state index contributed by atoms with van der Waals surface area (Å²) in [6, 6.07) is 10.5. The number of aliphatic hydroxyl groups excluding tert-OH is 3. The fraction of sp³-hybridized carbons (Fsp3) is 0.444. The molecule has 26 heavy (non-hydrogen) atoms. The van der Waals surface area contributed by atoms with Crippen molar-refractivity contribution in [2.75, 3.05) is 6.61 Å².